The first kappa shape index (κ1) is 13.8. The fraction of sp³-hybridized carbons (Fsp3) is 0.250. The van der Waals surface area contributed by atoms with Crippen molar-refractivity contribution in [1.82, 2.24) is 0 Å². The van der Waals surface area contributed by atoms with E-state index in [1.54, 1.807) is 18.4 Å². The zero-order valence-electron chi connectivity index (χ0n) is 12.8. The molecule has 4 nitrogen and oxygen atoms in total. The molecule has 120 valence electrons. The summed E-state index contributed by atoms with van der Waals surface area (Å²) >= 11 is 0. The third-order valence-electron chi connectivity index (χ3n) is 5.72. The number of carbonyl (C=O) groups is 1. The Morgan fingerprint density at radius 3 is 2.71 bits per heavy atom. The zero-order valence-corrected chi connectivity index (χ0v) is 12.8. The number of carboxylic acid groups (broad SMARTS) is 1. The molecule has 2 N–H and O–H groups in total. The summed E-state index contributed by atoms with van der Waals surface area (Å²) in [5, 5.41) is 21.1. The van der Waals surface area contributed by atoms with Gasteiger partial charge in [-0.05, 0) is 41.7 Å². The lowest BCUT2D eigenvalue weighted by Crippen LogP contribution is -2.25. The minimum absolute atomic E-state index is 0.00169. The van der Waals surface area contributed by atoms with Crippen LogP contribution in [0.5, 0.6) is 0 Å². The van der Waals surface area contributed by atoms with Gasteiger partial charge in [0, 0.05) is 22.8 Å². The summed E-state index contributed by atoms with van der Waals surface area (Å²) in [7, 11) is 0. The highest BCUT2D eigenvalue weighted by Crippen LogP contribution is 2.60. The Bertz CT molecular complexity index is 971. The highest BCUT2D eigenvalue weighted by Gasteiger charge is 2.51. The van der Waals surface area contributed by atoms with Crippen LogP contribution in [0.4, 0.5) is 0 Å². The molecule has 5 rings (SSSR count). The Labute approximate surface area is 138 Å². The molecule has 2 aliphatic rings. The summed E-state index contributed by atoms with van der Waals surface area (Å²) in [6, 6.07) is 13.2. The fourth-order valence-electron chi connectivity index (χ4n) is 4.70. The van der Waals surface area contributed by atoms with E-state index in [1.807, 2.05) is 30.3 Å². The molecule has 2 bridgehead atoms. The maximum atomic E-state index is 11.2. The summed E-state index contributed by atoms with van der Waals surface area (Å²) in [6.07, 6.45) is 2.13. The van der Waals surface area contributed by atoms with Crippen molar-refractivity contribution >= 4 is 16.9 Å². The van der Waals surface area contributed by atoms with Crippen molar-refractivity contribution in [3.05, 3.63) is 71.0 Å². The topological polar surface area (TPSA) is 70.7 Å². The maximum absolute atomic E-state index is 11.2. The number of hydrogen-bond acceptors (Lipinski definition) is 3. The van der Waals surface area contributed by atoms with Gasteiger partial charge in [0.05, 0.1) is 17.9 Å². The number of aliphatic hydroxyl groups excluding tert-OH is 1. The lowest BCUT2D eigenvalue weighted by atomic mass is 9.77. The van der Waals surface area contributed by atoms with Crippen LogP contribution in [0.25, 0.3) is 11.0 Å². The van der Waals surface area contributed by atoms with E-state index in [0.717, 1.165) is 28.5 Å². The first-order valence-electron chi connectivity index (χ1n) is 8.16. The highest BCUT2D eigenvalue weighted by atomic mass is 16.4. The van der Waals surface area contributed by atoms with E-state index in [2.05, 4.69) is 0 Å². The first-order chi connectivity index (χ1) is 11.6. The standard InChI is InChI=1S/C20H16O4/c21-19-15-8-14(11-6-5-10(20(22)23)7-13(11)15)18(19)16-9-24-17-4-2-1-3-12(16)17/h1-7,9,14-15,18-19,21H,8H2,(H,22,23)/t14-,15+,18-,19?/m1/s1. The molecule has 2 aromatic carbocycles. The number of benzene rings is 2. The van der Waals surface area contributed by atoms with Crippen molar-refractivity contribution in [2.24, 2.45) is 0 Å². The Morgan fingerprint density at radius 2 is 1.88 bits per heavy atom. The smallest absolute Gasteiger partial charge is 0.335 e. The summed E-state index contributed by atoms with van der Waals surface area (Å²) in [4.78, 5) is 11.2. The number of aliphatic hydroxyl groups is 1. The number of fused-ring (bicyclic) bond motifs is 6. The van der Waals surface area contributed by atoms with E-state index in [-0.39, 0.29) is 17.8 Å². The van der Waals surface area contributed by atoms with Gasteiger partial charge in [0.15, 0.2) is 0 Å². The van der Waals surface area contributed by atoms with Gasteiger partial charge in [-0.25, -0.2) is 4.79 Å². The van der Waals surface area contributed by atoms with Crippen molar-refractivity contribution in [3.8, 4) is 0 Å². The van der Waals surface area contributed by atoms with Gasteiger partial charge >= 0.3 is 5.97 Å². The van der Waals surface area contributed by atoms with Crippen LogP contribution < -0.4 is 0 Å². The minimum atomic E-state index is -0.924. The Kier molecular flexibility index (Phi) is 2.71. The van der Waals surface area contributed by atoms with Crippen LogP contribution in [0, 0.1) is 0 Å². The Hall–Kier alpha value is -2.59. The predicted octanol–water partition coefficient (Wildman–Crippen LogP) is 3.86. The van der Waals surface area contributed by atoms with Crippen LogP contribution in [-0.4, -0.2) is 22.3 Å². The lowest BCUT2D eigenvalue weighted by molar-refractivity contribution is 0.0696. The molecule has 2 aliphatic carbocycles. The zero-order chi connectivity index (χ0) is 16.4. The highest BCUT2D eigenvalue weighted by molar-refractivity contribution is 5.88. The third kappa shape index (κ3) is 1.69. The van der Waals surface area contributed by atoms with Crippen molar-refractivity contribution in [1.29, 1.82) is 0 Å². The number of para-hydroxylation sites is 1. The molecule has 0 saturated heterocycles. The molecule has 1 saturated carbocycles. The van der Waals surface area contributed by atoms with Crippen LogP contribution in [0.2, 0.25) is 0 Å². The maximum Gasteiger partial charge on any atom is 0.335 e. The van der Waals surface area contributed by atoms with Gasteiger partial charge in [0.2, 0.25) is 0 Å². The quantitative estimate of drug-likeness (QED) is 0.752. The molecular weight excluding hydrogens is 304 g/mol. The van der Waals surface area contributed by atoms with Gasteiger partial charge in [-0.15, -0.1) is 0 Å². The second-order valence-corrected chi connectivity index (χ2v) is 6.80. The summed E-state index contributed by atoms with van der Waals surface area (Å²) in [6.45, 7) is 0. The number of aromatic carboxylic acids is 1. The molecule has 4 atom stereocenters. The molecule has 24 heavy (non-hydrogen) atoms. The molecule has 1 fully saturated rings. The van der Waals surface area contributed by atoms with Crippen molar-refractivity contribution in [2.45, 2.75) is 30.3 Å². The molecule has 4 heteroatoms. The van der Waals surface area contributed by atoms with E-state index < -0.39 is 12.1 Å². The Balaban J connectivity index is 1.63. The molecular formula is C20H16O4. The normalized spacial score (nSPS) is 27.5. The van der Waals surface area contributed by atoms with Crippen LogP contribution in [0.3, 0.4) is 0 Å². The summed E-state index contributed by atoms with van der Waals surface area (Å²) < 4.78 is 5.67. The van der Waals surface area contributed by atoms with E-state index in [9.17, 15) is 15.0 Å². The molecule has 0 amide bonds. The van der Waals surface area contributed by atoms with Crippen molar-refractivity contribution in [3.63, 3.8) is 0 Å². The molecule has 1 unspecified atom stereocenters. The lowest BCUT2D eigenvalue weighted by Gasteiger charge is -2.29. The number of hydrogen-bond donors (Lipinski definition) is 2. The van der Waals surface area contributed by atoms with Gasteiger partial charge < -0.3 is 14.6 Å². The van der Waals surface area contributed by atoms with Crippen molar-refractivity contribution in [2.75, 3.05) is 0 Å². The van der Waals surface area contributed by atoms with E-state index in [1.165, 1.54) is 5.56 Å². The predicted molar refractivity (Wildman–Crippen MR) is 88.5 cm³/mol. The van der Waals surface area contributed by atoms with E-state index >= 15 is 0 Å². The van der Waals surface area contributed by atoms with E-state index in [4.69, 9.17) is 4.42 Å². The number of furan rings is 1. The number of rotatable bonds is 2. The Morgan fingerprint density at radius 1 is 1.04 bits per heavy atom. The summed E-state index contributed by atoms with van der Waals surface area (Å²) in [5.74, 6) is -0.707. The van der Waals surface area contributed by atoms with Crippen molar-refractivity contribution < 1.29 is 19.4 Å². The van der Waals surface area contributed by atoms with Gasteiger partial charge in [0.25, 0.3) is 0 Å². The van der Waals surface area contributed by atoms with Crippen LogP contribution >= 0.6 is 0 Å². The SMILES string of the molecule is O=C(O)c1ccc2c(c1)[C@@H]1C[C@H]2[C@H](c2coc3ccccc23)C1O. The second kappa shape index (κ2) is 4.71. The molecule has 0 radical (unpaired) electrons. The van der Waals surface area contributed by atoms with Gasteiger partial charge in [-0.1, -0.05) is 24.3 Å². The number of carboxylic acids is 1. The van der Waals surface area contributed by atoms with Gasteiger partial charge in [-0.3, -0.25) is 0 Å². The van der Waals surface area contributed by atoms with Crippen LogP contribution in [-0.2, 0) is 0 Å². The average molecular weight is 320 g/mol. The van der Waals surface area contributed by atoms with E-state index in [0.29, 0.717) is 5.56 Å². The monoisotopic (exact) mass is 320 g/mol. The molecule has 0 aliphatic heterocycles. The minimum Gasteiger partial charge on any atom is -0.478 e. The van der Waals surface area contributed by atoms with Crippen LogP contribution in [0.1, 0.15) is 51.2 Å². The molecule has 0 spiro atoms. The molecule has 1 aromatic heterocycles. The average Bonchev–Trinajstić information content (AvgIpc) is 3.26. The molecule has 1 heterocycles. The molecule has 3 aromatic rings. The first-order valence-corrected chi connectivity index (χ1v) is 8.16. The fourth-order valence-corrected chi connectivity index (χ4v) is 4.70. The second-order valence-electron chi connectivity index (χ2n) is 6.80. The van der Waals surface area contributed by atoms with Gasteiger partial charge in [0.1, 0.15) is 5.58 Å². The third-order valence-corrected chi connectivity index (χ3v) is 5.72. The van der Waals surface area contributed by atoms with Gasteiger partial charge in [-0.2, -0.15) is 0 Å². The largest absolute Gasteiger partial charge is 0.478 e. The summed E-state index contributed by atoms with van der Waals surface area (Å²) in [5.41, 5.74) is 4.35. The van der Waals surface area contributed by atoms with Crippen LogP contribution in [0.15, 0.2) is 53.1 Å².